The van der Waals surface area contributed by atoms with Gasteiger partial charge in [0.2, 0.25) is 5.91 Å². The number of carbonyl (C=O) groups excluding carboxylic acids is 1. The topological polar surface area (TPSA) is 42.0 Å². The molecule has 0 unspecified atom stereocenters. The molecule has 3 nitrogen and oxygen atoms in total. The molecule has 1 amide bonds. The van der Waals surface area contributed by atoms with Gasteiger partial charge in [-0.15, -0.1) is 11.3 Å². The van der Waals surface area contributed by atoms with Crippen LogP contribution in [0, 0.1) is 6.92 Å². The van der Waals surface area contributed by atoms with E-state index in [2.05, 4.69) is 48.4 Å². The van der Waals surface area contributed by atoms with Crippen LogP contribution in [0.2, 0.25) is 0 Å². The van der Waals surface area contributed by atoms with Gasteiger partial charge in [-0.25, -0.2) is 4.98 Å². The molecule has 1 aromatic carbocycles. The summed E-state index contributed by atoms with van der Waals surface area (Å²) >= 11 is 1.59. The second-order valence-electron chi connectivity index (χ2n) is 4.89. The predicted molar refractivity (Wildman–Crippen MR) is 83.9 cm³/mol. The van der Waals surface area contributed by atoms with E-state index in [0.29, 0.717) is 6.42 Å². The molecule has 1 aromatic heterocycles. The molecular formula is C16H20N2OS. The number of carbonyl (C=O) groups is 1. The fourth-order valence-electron chi connectivity index (χ4n) is 1.85. The number of hydrogen-bond acceptors (Lipinski definition) is 3. The highest BCUT2D eigenvalue weighted by Crippen LogP contribution is 2.24. The van der Waals surface area contributed by atoms with Crippen molar-refractivity contribution >= 4 is 17.2 Å². The molecule has 20 heavy (non-hydrogen) atoms. The quantitative estimate of drug-likeness (QED) is 0.826. The number of aromatic nitrogens is 1. The van der Waals surface area contributed by atoms with Crippen LogP contribution >= 0.6 is 11.3 Å². The number of aryl methyl sites for hydroxylation is 1. The maximum atomic E-state index is 11.7. The molecule has 4 heteroatoms. The molecule has 1 N–H and O–H groups in total. The van der Waals surface area contributed by atoms with Crippen LogP contribution in [0.1, 0.15) is 31.0 Å². The van der Waals surface area contributed by atoms with Gasteiger partial charge < -0.3 is 5.32 Å². The molecule has 0 radical (unpaired) electrons. The van der Waals surface area contributed by atoms with Crippen molar-refractivity contribution in [3.8, 4) is 10.6 Å². The Kier molecular flexibility index (Phi) is 5.30. The Bertz CT molecular complexity index is 560. The number of nitrogens with one attached hydrogen (secondary N) is 1. The average Bonchev–Trinajstić information content (AvgIpc) is 2.88. The molecule has 0 saturated heterocycles. The fourth-order valence-corrected chi connectivity index (χ4v) is 2.67. The van der Waals surface area contributed by atoms with Crippen LogP contribution in [-0.4, -0.2) is 17.4 Å². The summed E-state index contributed by atoms with van der Waals surface area (Å²) < 4.78 is 0. The Morgan fingerprint density at radius 3 is 2.75 bits per heavy atom. The Labute approximate surface area is 124 Å². The van der Waals surface area contributed by atoms with Gasteiger partial charge in [-0.2, -0.15) is 0 Å². The van der Waals surface area contributed by atoms with Crippen LogP contribution in [0.3, 0.4) is 0 Å². The summed E-state index contributed by atoms with van der Waals surface area (Å²) in [7, 11) is 0. The van der Waals surface area contributed by atoms with Gasteiger partial charge in [0, 0.05) is 17.5 Å². The molecule has 1 heterocycles. The van der Waals surface area contributed by atoms with E-state index in [1.807, 2.05) is 5.38 Å². The predicted octanol–water partition coefficient (Wildman–Crippen LogP) is 3.58. The summed E-state index contributed by atoms with van der Waals surface area (Å²) in [6.07, 6.45) is 2.48. The van der Waals surface area contributed by atoms with Crippen LogP contribution in [0.15, 0.2) is 29.6 Å². The number of benzene rings is 1. The van der Waals surface area contributed by atoms with Crippen molar-refractivity contribution in [2.24, 2.45) is 0 Å². The van der Waals surface area contributed by atoms with Crippen molar-refractivity contribution < 1.29 is 4.79 Å². The zero-order valence-electron chi connectivity index (χ0n) is 12.0. The summed E-state index contributed by atoms with van der Waals surface area (Å²) in [4.78, 5) is 16.3. The molecule has 0 bridgehead atoms. The van der Waals surface area contributed by atoms with Gasteiger partial charge in [-0.3, -0.25) is 4.79 Å². The van der Waals surface area contributed by atoms with E-state index in [9.17, 15) is 4.79 Å². The minimum absolute atomic E-state index is 0.0548. The van der Waals surface area contributed by atoms with Gasteiger partial charge >= 0.3 is 0 Å². The minimum Gasteiger partial charge on any atom is -0.356 e. The van der Waals surface area contributed by atoms with Crippen molar-refractivity contribution in [2.45, 2.75) is 33.1 Å². The number of amides is 1. The van der Waals surface area contributed by atoms with E-state index >= 15 is 0 Å². The lowest BCUT2D eigenvalue weighted by Crippen LogP contribution is -2.26. The lowest BCUT2D eigenvalue weighted by atomic mass is 10.2. The summed E-state index contributed by atoms with van der Waals surface area (Å²) in [5.41, 5.74) is 3.19. The first kappa shape index (κ1) is 14.7. The van der Waals surface area contributed by atoms with Crippen molar-refractivity contribution in [1.82, 2.24) is 10.3 Å². The highest BCUT2D eigenvalue weighted by atomic mass is 32.1. The Morgan fingerprint density at radius 1 is 1.30 bits per heavy atom. The SMILES string of the molecule is CCCCNC(=O)Cc1csc(-c2ccc(C)cc2)n1. The van der Waals surface area contributed by atoms with Crippen LogP contribution in [0.5, 0.6) is 0 Å². The molecule has 0 saturated carbocycles. The van der Waals surface area contributed by atoms with E-state index in [1.54, 1.807) is 11.3 Å². The Balaban J connectivity index is 1.95. The molecule has 0 spiro atoms. The number of hydrogen-bond donors (Lipinski definition) is 1. The lowest BCUT2D eigenvalue weighted by Gasteiger charge is -2.02. The van der Waals surface area contributed by atoms with Crippen molar-refractivity contribution in [3.05, 3.63) is 40.9 Å². The molecular weight excluding hydrogens is 268 g/mol. The highest BCUT2D eigenvalue weighted by molar-refractivity contribution is 7.13. The van der Waals surface area contributed by atoms with Gasteiger partial charge in [0.1, 0.15) is 5.01 Å². The maximum Gasteiger partial charge on any atom is 0.226 e. The van der Waals surface area contributed by atoms with Crippen LogP contribution in [0.25, 0.3) is 10.6 Å². The molecule has 2 aromatic rings. The molecule has 0 aliphatic carbocycles. The minimum atomic E-state index is 0.0548. The van der Waals surface area contributed by atoms with E-state index < -0.39 is 0 Å². The van der Waals surface area contributed by atoms with Crippen molar-refractivity contribution in [2.75, 3.05) is 6.54 Å². The Morgan fingerprint density at radius 2 is 2.05 bits per heavy atom. The van der Waals surface area contributed by atoms with E-state index in [4.69, 9.17) is 0 Å². The summed E-state index contributed by atoms with van der Waals surface area (Å²) in [5, 5.41) is 5.85. The highest BCUT2D eigenvalue weighted by Gasteiger charge is 2.08. The molecule has 106 valence electrons. The molecule has 0 atom stereocenters. The number of rotatable bonds is 6. The first-order valence-corrected chi connectivity index (χ1v) is 7.85. The Hall–Kier alpha value is -1.68. The van der Waals surface area contributed by atoms with Crippen LogP contribution < -0.4 is 5.32 Å². The van der Waals surface area contributed by atoms with Gasteiger partial charge in [0.25, 0.3) is 0 Å². The summed E-state index contributed by atoms with van der Waals surface area (Å²) in [6.45, 7) is 4.93. The van der Waals surface area contributed by atoms with Gasteiger partial charge in [-0.1, -0.05) is 43.2 Å². The third-order valence-corrected chi connectivity index (χ3v) is 3.98. The smallest absolute Gasteiger partial charge is 0.226 e. The third kappa shape index (κ3) is 4.17. The third-order valence-electron chi connectivity index (χ3n) is 3.04. The standard InChI is InChI=1S/C16H20N2OS/c1-3-4-9-17-15(19)10-14-11-20-16(18-14)13-7-5-12(2)6-8-13/h5-8,11H,3-4,9-10H2,1-2H3,(H,17,19). The van der Waals surface area contributed by atoms with E-state index in [-0.39, 0.29) is 5.91 Å². The fraction of sp³-hybridized carbons (Fsp3) is 0.375. The zero-order valence-corrected chi connectivity index (χ0v) is 12.8. The molecule has 0 fully saturated rings. The largest absolute Gasteiger partial charge is 0.356 e. The second kappa shape index (κ2) is 7.20. The summed E-state index contributed by atoms with van der Waals surface area (Å²) in [5.74, 6) is 0.0548. The van der Waals surface area contributed by atoms with Gasteiger partial charge in [0.15, 0.2) is 0 Å². The van der Waals surface area contributed by atoms with Crippen LogP contribution in [-0.2, 0) is 11.2 Å². The van der Waals surface area contributed by atoms with Gasteiger partial charge in [0.05, 0.1) is 12.1 Å². The van der Waals surface area contributed by atoms with Crippen LogP contribution in [0.4, 0.5) is 0 Å². The first-order chi connectivity index (χ1) is 9.69. The average molecular weight is 288 g/mol. The summed E-state index contributed by atoms with van der Waals surface area (Å²) in [6, 6.07) is 8.29. The normalized spacial score (nSPS) is 10.5. The number of thiazole rings is 1. The van der Waals surface area contributed by atoms with Crippen molar-refractivity contribution in [1.29, 1.82) is 0 Å². The first-order valence-electron chi connectivity index (χ1n) is 6.97. The van der Waals surface area contributed by atoms with Crippen molar-refractivity contribution in [3.63, 3.8) is 0 Å². The monoisotopic (exact) mass is 288 g/mol. The lowest BCUT2D eigenvalue weighted by molar-refractivity contribution is -0.120. The van der Waals surface area contributed by atoms with E-state index in [1.165, 1.54) is 5.56 Å². The number of unbranched alkanes of at least 4 members (excludes halogenated alkanes) is 1. The van der Waals surface area contributed by atoms with E-state index in [0.717, 1.165) is 35.7 Å². The molecule has 0 aliphatic heterocycles. The number of nitrogens with zero attached hydrogens (tertiary/aromatic N) is 1. The second-order valence-corrected chi connectivity index (χ2v) is 5.75. The van der Waals surface area contributed by atoms with Gasteiger partial charge in [-0.05, 0) is 13.3 Å². The molecule has 0 aliphatic rings. The molecule has 2 rings (SSSR count). The zero-order chi connectivity index (χ0) is 14.4. The maximum absolute atomic E-state index is 11.7.